The first kappa shape index (κ1) is 17.9. The van der Waals surface area contributed by atoms with Crippen molar-refractivity contribution >= 4 is 33.5 Å². The summed E-state index contributed by atoms with van der Waals surface area (Å²) in [5, 5.41) is 4.89. The Morgan fingerprint density at radius 3 is 2.85 bits per heavy atom. The molecule has 1 aromatic heterocycles. The second-order valence-corrected chi connectivity index (χ2v) is 7.40. The van der Waals surface area contributed by atoms with Gasteiger partial charge in [-0.2, -0.15) is 0 Å². The number of rotatable bonds is 5. The van der Waals surface area contributed by atoms with Gasteiger partial charge >= 0.3 is 0 Å². The third-order valence-corrected chi connectivity index (χ3v) is 5.31. The smallest absolute Gasteiger partial charge is 0.250 e. The molecule has 1 aliphatic carbocycles. The van der Waals surface area contributed by atoms with Crippen LogP contribution in [0, 0.1) is 5.92 Å². The van der Waals surface area contributed by atoms with E-state index in [1.165, 1.54) is 12.8 Å². The molecule has 0 radical (unpaired) electrons. The molecule has 0 spiro atoms. The van der Waals surface area contributed by atoms with Gasteiger partial charge in [-0.3, -0.25) is 4.79 Å². The minimum absolute atomic E-state index is 0.0543. The topological polar surface area (TPSA) is 60.7 Å². The first-order chi connectivity index (χ1) is 13.1. The molecule has 0 aliphatic heterocycles. The Labute approximate surface area is 158 Å². The minimum Gasteiger partial charge on any atom is -0.495 e. The number of para-hydroxylation sites is 1. The highest BCUT2D eigenvalue weighted by atomic mass is 16.5. The molecule has 5 nitrogen and oxygen atoms in total. The summed E-state index contributed by atoms with van der Waals surface area (Å²) < 4.78 is 17.2. The fourth-order valence-electron chi connectivity index (χ4n) is 3.93. The molecule has 2 atom stereocenters. The molecule has 2 unspecified atom stereocenters. The fourth-order valence-corrected chi connectivity index (χ4v) is 3.93. The summed E-state index contributed by atoms with van der Waals surface area (Å²) in [6.45, 7) is 2.29. The van der Waals surface area contributed by atoms with Crippen LogP contribution in [0.15, 0.2) is 40.8 Å². The molecule has 27 heavy (non-hydrogen) atoms. The van der Waals surface area contributed by atoms with Crippen LogP contribution in [0.5, 0.6) is 5.75 Å². The molecule has 0 bridgehead atoms. The van der Waals surface area contributed by atoms with Crippen molar-refractivity contribution < 1.29 is 18.7 Å². The maximum Gasteiger partial charge on any atom is 0.250 e. The van der Waals surface area contributed by atoms with Crippen LogP contribution < -0.4 is 10.1 Å². The summed E-state index contributed by atoms with van der Waals surface area (Å²) in [5.74, 6) is 1.10. The van der Waals surface area contributed by atoms with Gasteiger partial charge in [-0.25, -0.2) is 0 Å². The molecule has 1 fully saturated rings. The van der Waals surface area contributed by atoms with Gasteiger partial charge in [0, 0.05) is 16.8 Å². The van der Waals surface area contributed by atoms with Gasteiger partial charge in [0.25, 0.3) is 0 Å². The summed E-state index contributed by atoms with van der Waals surface area (Å²) in [6, 6.07) is 11.6. The number of amides is 1. The van der Waals surface area contributed by atoms with E-state index in [0.717, 1.165) is 29.2 Å². The van der Waals surface area contributed by atoms with E-state index in [0.29, 0.717) is 22.9 Å². The molecule has 0 saturated heterocycles. The second kappa shape index (κ2) is 7.61. The highest BCUT2D eigenvalue weighted by molar-refractivity contribution is 6.07. The molecular formula is C22H25NO4. The minimum atomic E-state index is -0.179. The van der Waals surface area contributed by atoms with Gasteiger partial charge in [-0.1, -0.05) is 38.0 Å². The zero-order valence-corrected chi connectivity index (χ0v) is 15.8. The molecule has 1 saturated carbocycles. The largest absolute Gasteiger partial charge is 0.495 e. The second-order valence-electron chi connectivity index (χ2n) is 7.40. The number of benzene rings is 2. The number of anilines is 1. The summed E-state index contributed by atoms with van der Waals surface area (Å²) in [7, 11) is 1.60. The Kier molecular flexibility index (Phi) is 5.03. The van der Waals surface area contributed by atoms with Crippen molar-refractivity contribution in [2.24, 2.45) is 5.92 Å². The van der Waals surface area contributed by atoms with E-state index >= 15 is 0 Å². The molecular weight excluding hydrogens is 342 g/mol. The third kappa shape index (κ3) is 3.78. The number of ether oxygens (including phenoxy) is 2. The van der Waals surface area contributed by atoms with Crippen molar-refractivity contribution in [3.05, 3.63) is 36.4 Å². The highest BCUT2D eigenvalue weighted by Gasteiger charge is 2.20. The number of carbonyl (C=O) groups is 1. The monoisotopic (exact) mass is 367 g/mol. The molecule has 1 amide bonds. The molecule has 1 heterocycles. The van der Waals surface area contributed by atoms with E-state index in [9.17, 15) is 4.79 Å². The fraction of sp³-hybridized carbons (Fsp3) is 0.409. The molecule has 3 aromatic rings. The van der Waals surface area contributed by atoms with Crippen molar-refractivity contribution in [1.82, 2.24) is 0 Å². The average molecular weight is 367 g/mol. The maximum atomic E-state index is 12.4. The SMILES string of the molecule is COc1cc2c(cc1NC(=O)COC1CCCC(C)C1)oc1ccccc12. The predicted molar refractivity (Wildman–Crippen MR) is 106 cm³/mol. The average Bonchev–Trinajstić information content (AvgIpc) is 3.03. The van der Waals surface area contributed by atoms with Crippen molar-refractivity contribution in [3.8, 4) is 5.75 Å². The van der Waals surface area contributed by atoms with Gasteiger partial charge in [0.2, 0.25) is 5.91 Å². The van der Waals surface area contributed by atoms with Crippen LogP contribution in [0.2, 0.25) is 0 Å². The molecule has 1 aliphatic rings. The van der Waals surface area contributed by atoms with Crippen molar-refractivity contribution in [1.29, 1.82) is 0 Å². The van der Waals surface area contributed by atoms with Crippen LogP contribution >= 0.6 is 0 Å². The Morgan fingerprint density at radius 1 is 1.19 bits per heavy atom. The van der Waals surface area contributed by atoms with Crippen LogP contribution in [0.25, 0.3) is 21.9 Å². The number of hydrogen-bond acceptors (Lipinski definition) is 4. The van der Waals surface area contributed by atoms with Crippen LogP contribution in [0.4, 0.5) is 5.69 Å². The Balaban J connectivity index is 1.50. The van der Waals surface area contributed by atoms with Crippen molar-refractivity contribution in [3.63, 3.8) is 0 Å². The number of methoxy groups -OCH3 is 1. The van der Waals surface area contributed by atoms with Crippen LogP contribution in [0.1, 0.15) is 32.6 Å². The summed E-state index contributed by atoms with van der Waals surface area (Å²) in [4.78, 5) is 12.4. The van der Waals surface area contributed by atoms with Gasteiger partial charge in [-0.05, 0) is 30.9 Å². The van der Waals surface area contributed by atoms with Crippen LogP contribution in [-0.2, 0) is 9.53 Å². The lowest BCUT2D eigenvalue weighted by molar-refractivity contribution is -0.123. The maximum absolute atomic E-state index is 12.4. The van der Waals surface area contributed by atoms with E-state index in [4.69, 9.17) is 13.9 Å². The van der Waals surface area contributed by atoms with Gasteiger partial charge in [0.05, 0.1) is 18.9 Å². The lowest BCUT2D eigenvalue weighted by Crippen LogP contribution is -2.27. The van der Waals surface area contributed by atoms with Gasteiger partial charge < -0.3 is 19.2 Å². The normalized spacial score (nSPS) is 20.1. The summed E-state index contributed by atoms with van der Waals surface area (Å²) >= 11 is 0. The lowest BCUT2D eigenvalue weighted by atomic mass is 9.89. The van der Waals surface area contributed by atoms with Crippen LogP contribution in [-0.4, -0.2) is 25.7 Å². The van der Waals surface area contributed by atoms with Crippen molar-refractivity contribution in [2.45, 2.75) is 38.7 Å². The van der Waals surface area contributed by atoms with Crippen molar-refractivity contribution in [2.75, 3.05) is 19.0 Å². The first-order valence-corrected chi connectivity index (χ1v) is 9.55. The first-order valence-electron chi connectivity index (χ1n) is 9.55. The Morgan fingerprint density at radius 2 is 2.04 bits per heavy atom. The Hall–Kier alpha value is -2.53. The number of hydrogen-bond donors (Lipinski definition) is 1. The Bertz CT molecular complexity index is 962. The van der Waals surface area contributed by atoms with Gasteiger partial charge in [-0.15, -0.1) is 0 Å². The summed E-state index contributed by atoms with van der Waals surface area (Å²) in [5.41, 5.74) is 2.12. The highest BCUT2D eigenvalue weighted by Crippen LogP contribution is 2.36. The number of carbonyl (C=O) groups excluding carboxylic acids is 1. The summed E-state index contributed by atoms with van der Waals surface area (Å²) in [6.07, 6.45) is 4.66. The van der Waals surface area contributed by atoms with E-state index in [1.807, 2.05) is 36.4 Å². The van der Waals surface area contributed by atoms with Crippen LogP contribution in [0.3, 0.4) is 0 Å². The molecule has 142 valence electrons. The molecule has 1 N–H and O–H groups in total. The van der Waals surface area contributed by atoms with E-state index < -0.39 is 0 Å². The van der Waals surface area contributed by atoms with Gasteiger partial charge in [0.1, 0.15) is 23.5 Å². The molecule has 2 aromatic carbocycles. The zero-order valence-electron chi connectivity index (χ0n) is 15.8. The zero-order chi connectivity index (χ0) is 18.8. The predicted octanol–water partition coefficient (Wildman–Crippen LogP) is 5.13. The lowest BCUT2D eigenvalue weighted by Gasteiger charge is -2.26. The third-order valence-electron chi connectivity index (χ3n) is 5.31. The van der Waals surface area contributed by atoms with Gasteiger partial charge in [0.15, 0.2) is 0 Å². The number of nitrogens with one attached hydrogen (secondary N) is 1. The molecule has 4 rings (SSSR count). The van der Waals surface area contributed by atoms with E-state index in [-0.39, 0.29) is 18.6 Å². The standard InChI is InChI=1S/C22H25NO4/c1-14-6-5-7-15(10-14)26-13-22(24)23-18-12-20-17(11-21(18)25-2)16-8-3-4-9-19(16)27-20/h3-4,8-9,11-12,14-15H,5-7,10,13H2,1-2H3,(H,23,24). The van der Waals surface area contributed by atoms with E-state index in [1.54, 1.807) is 7.11 Å². The number of furan rings is 1. The van der Waals surface area contributed by atoms with E-state index in [2.05, 4.69) is 12.2 Å². The number of fused-ring (bicyclic) bond motifs is 3. The quantitative estimate of drug-likeness (QED) is 0.679. The molecule has 5 heteroatoms.